The van der Waals surface area contributed by atoms with Crippen LogP contribution in [0.15, 0.2) is 59.5 Å². The minimum absolute atomic E-state index is 0.348. The van der Waals surface area contributed by atoms with Crippen LogP contribution in [0.2, 0.25) is 0 Å². The van der Waals surface area contributed by atoms with Gasteiger partial charge in [-0.25, -0.2) is 8.42 Å². The third-order valence-electron chi connectivity index (χ3n) is 5.04. The summed E-state index contributed by atoms with van der Waals surface area (Å²) >= 11 is 1.55. The van der Waals surface area contributed by atoms with Crippen molar-refractivity contribution in [2.45, 2.75) is 24.2 Å². The number of nitrogens with zero attached hydrogens (tertiary/aromatic N) is 2. The van der Waals surface area contributed by atoms with Crippen LogP contribution in [0.5, 0.6) is 0 Å². The molecular weight excluding hydrogens is 376 g/mol. The van der Waals surface area contributed by atoms with Crippen molar-refractivity contribution in [3.63, 3.8) is 0 Å². The summed E-state index contributed by atoms with van der Waals surface area (Å²) in [5, 5.41) is 1.89. The van der Waals surface area contributed by atoms with E-state index in [2.05, 4.69) is 0 Å². The van der Waals surface area contributed by atoms with Gasteiger partial charge in [-0.3, -0.25) is 4.31 Å². The molecule has 1 saturated carbocycles. The Hall–Kier alpha value is -2.05. The van der Waals surface area contributed by atoms with E-state index in [0.717, 1.165) is 27.2 Å². The van der Waals surface area contributed by atoms with E-state index in [9.17, 15) is 8.42 Å². The molecule has 1 aliphatic rings. The maximum absolute atomic E-state index is 13.4. The highest BCUT2D eigenvalue weighted by Gasteiger charge is 2.29. The fourth-order valence-electron chi connectivity index (χ4n) is 3.19. The highest BCUT2D eigenvalue weighted by molar-refractivity contribution is 7.93. The maximum Gasteiger partial charge on any atom is 0.264 e. The molecule has 0 aliphatic heterocycles. The fourth-order valence-corrected chi connectivity index (χ4v) is 5.96. The van der Waals surface area contributed by atoms with Gasteiger partial charge in [-0.15, -0.1) is 11.3 Å². The molecule has 4 nitrogen and oxygen atoms in total. The molecule has 1 heterocycles. The third kappa shape index (κ3) is 3.82. The van der Waals surface area contributed by atoms with E-state index < -0.39 is 10.0 Å². The van der Waals surface area contributed by atoms with E-state index in [-0.39, 0.29) is 0 Å². The van der Waals surface area contributed by atoms with Gasteiger partial charge < -0.3 is 4.90 Å². The average molecular weight is 401 g/mol. The zero-order valence-corrected chi connectivity index (χ0v) is 17.3. The number of thiophene rings is 1. The quantitative estimate of drug-likeness (QED) is 0.563. The maximum atomic E-state index is 13.4. The standard InChI is InChI=1S/C21H24N2O2S2/c1-22(2)18-9-11-19(12-10-18)27(24,25)23(14-13-16-7-8-16)21-15-17-5-3-4-6-20(17)26-21/h3-6,9-12,15-16H,7-8,13-14H2,1-2H3. The van der Waals surface area contributed by atoms with E-state index in [1.54, 1.807) is 27.8 Å². The largest absolute Gasteiger partial charge is 0.378 e. The molecule has 1 fully saturated rings. The summed E-state index contributed by atoms with van der Waals surface area (Å²) in [6.45, 7) is 0.537. The normalized spacial score (nSPS) is 14.4. The molecule has 0 spiro atoms. The summed E-state index contributed by atoms with van der Waals surface area (Å²) in [4.78, 5) is 2.31. The van der Waals surface area contributed by atoms with Crippen molar-refractivity contribution in [3.05, 3.63) is 54.6 Å². The van der Waals surface area contributed by atoms with E-state index in [1.807, 2.05) is 61.5 Å². The predicted octanol–water partition coefficient (Wildman–Crippen LogP) is 4.96. The van der Waals surface area contributed by atoms with Crippen molar-refractivity contribution >= 4 is 42.1 Å². The molecule has 1 aromatic heterocycles. The lowest BCUT2D eigenvalue weighted by Gasteiger charge is -2.23. The van der Waals surface area contributed by atoms with Crippen LogP contribution in [0, 0.1) is 5.92 Å². The SMILES string of the molecule is CN(C)c1ccc(S(=O)(=O)N(CCC2CC2)c2cc3ccccc3s2)cc1. The first-order valence-electron chi connectivity index (χ1n) is 9.24. The smallest absolute Gasteiger partial charge is 0.264 e. The van der Waals surface area contributed by atoms with Gasteiger partial charge in [-0.1, -0.05) is 31.0 Å². The van der Waals surface area contributed by atoms with Gasteiger partial charge in [0.1, 0.15) is 5.00 Å². The molecule has 0 bridgehead atoms. The van der Waals surface area contributed by atoms with Gasteiger partial charge in [0.05, 0.1) is 4.90 Å². The van der Waals surface area contributed by atoms with Gasteiger partial charge in [0.15, 0.2) is 0 Å². The number of anilines is 2. The van der Waals surface area contributed by atoms with Crippen molar-refractivity contribution in [3.8, 4) is 0 Å². The number of sulfonamides is 1. The second kappa shape index (κ2) is 7.17. The summed E-state index contributed by atoms with van der Waals surface area (Å²) in [5.74, 6) is 0.674. The van der Waals surface area contributed by atoms with Gasteiger partial charge in [-0.2, -0.15) is 0 Å². The third-order valence-corrected chi connectivity index (χ3v) is 8.12. The molecule has 0 atom stereocenters. The molecule has 0 N–H and O–H groups in total. The first-order chi connectivity index (χ1) is 12.9. The average Bonchev–Trinajstić information content (AvgIpc) is 3.38. The highest BCUT2D eigenvalue weighted by atomic mass is 32.2. The lowest BCUT2D eigenvalue weighted by molar-refractivity contribution is 0.587. The molecule has 0 unspecified atom stereocenters. The first-order valence-corrected chi connectivity index (χ1v) is 11.5. The Labute approximate surface area is 165 Å². The molecule has 142 valence electrons. The van der Waals surface area contributed by atoms with Gasteiger partial charge in [0.2, 0.25) is 0 Å². The minimum atomic E-state index is -3.59. The number of fused-ring (bicyclic) bond motifs is 1. The summed E-state index contributed by atoms with van der Waals surface area (Å²) < 4.78 is 29.6. The minimum Gasteiger partial charge on any atom is -0.378 e. The van der Waals surface area contributed by atoms with E-state index in [1.165, 1.54) is 12.8 Å². The summed E-state index contributed by atoms with van der Waals surface area (Å²) in [5.41, 5.74) is 0.986. The van der Waals surface area contributed by atoms with E-state index in [0.29, 0.717) is 17.4 Å². The van der Waals surface area contributed by atoms with Crippen molar-refractivity contribution in [1.82, 2.24) is 0 Å². The number of hydrogen-bond acceptors (Lipinski definition) is 4. The Bertz CT molecular complexity index is 1000. The van der Waals surface area contributed by atoms with Gasteiger partial charge >= 0.3 is 0 Å². The molecule has 6 heteroatoms. The topological polar surface area (TPSA) is 40.6 Å². The molecule has 1 aliphatic carbocycles. The predicted molar refractivity (Wildman–Crippen MR) is 114 cm³/mol. The lowest BCUT2D eigenvalue weighted by Crippen LogP contribution is -2.31. The molecule has 0 radical (unpaired) electrons. The zero-order valence-electron chi connectivity index (χ0n) is 15.6. The van der Waals surface area contributed by atoms with Crippen molar-refractivity contribution in [2.24, 2.45) is 5.92 Å². The number of rotatable bonds is 7. The first kappa shape index (κ1) is 18.3. The van der Waals surface area contributed by atoms with Crippen molar-refractivity contribution in [2.75, 3.05) is 29.8 Å². The van der Waals surface area contributed by atoms with Crippen LogP contribution >= 0.6 is 11.3 Å². The Morgan fingerprint density at radius 3 is 2.37 bits per heavy atom. The van der Waals surface area contributed by atoms with Crippen LogP contribution in [0.4, 0.5) is 10.7 Å². The Morgan fingerprint density at radius 2 is 1.74 bits per heavy atom. The summed E-state index contributed by atoms with van der Waals surface area (Å²) in [7, 11) is 0.307. The van der Waals surface area contributed by atoms with Crippen LogP contribution in [0.3, 0.4) is 0 Å². The Balaban J connectivity index is 1.71. The van der Waals surface area contributed by atoms with Gasteiger partial charge in [0, 0.05) is 31.0 Å². The highest BCUT2D eigenvalue weighted by Crippen LogP contribution is 2.38. The second-order valence-corrected chi connectivity index (χ2v) is 10.2. The van der Waals surface area contributed by atoms with Crippen LogP contribution in [-0.2, 0) is 10.0 Å². The van der Waals surface area contributed by atoms with E-state index in [4.69, 9.17) is 0 Å². The van der Waals surface area contributed by atoms with E-state index >= 15 is 0 Å². The number of hydrogen-bond donors (Lipinski definition) is 0. The number of benzene rings is 2. The second-order valence-electron chi connectivity index (χ2n) is 7.32. The summed E-state index contributed by atoms with van der Waals surface area (Å²) in [6.07, 6.45) is 3.36. The fraction of sp³-hybridized carbons (Fsp3) is 0.333. The van der Waals surface area contributed by atoms with Crippen LogP contribution in [-0.4, -0.2) is 29.1 Å². The molecule has 3 aromatic rings. The van der Waals surface area contributed by atoms with Crippen molar-refractivity contribution in [1.29, 1.82) is 0 Å². The Kier molecular flexibility index (Phi) is 4.86. The molecular formula is C21H24N2O2S2. The molecule has 0 amide bonds. The molecule has 2 aromatic carbocycles. The van der Waals surface area contributed by atoms with Crippen LogP contribution in [0.1, 0.15) is 19.3 Å². The molecule has 0 saturated heterocycles. The van der Waals surface area contributed by atoms with Crippen LogP contribution < -0.4 is 9.21 Å². The molecule has 4 rings (SSSR count). The van der Waals surface area contributed by atoms with Crippen molar-refractivity contribution < 1.29 is 8.42 Å². The van der Waals surface area contributed by atoms with Gasteiger partial charge in [-0.05, 0) is 54.1 Å². The van der Waals surface area contributed by atoms with Gasteiger partial charge in [0.25, 0.3) is 10.0 Å². The zero-order chi connectivity index (χ0) is 19.0. The monoisotopic (exact) mass is 400 g/mol. The summed E-state index contributed by atoms with van der Waals surface area (Å²) in [6, 6.07) is 17.2. The molecule has 27 heavy (non-hydrogen) atoms. The van der Waals surface area contributed by atoms with Crippen LogP contribution in [0.25, 0.3) is 10.1 Å². The Morgan fingerprint density at radius 1 is 1.04 bits per heavy atom. The lowest BCUT2D eigenvalue weighted by atomic mass is 10.2.